The lowest BCUT2D eigenvalue weighted by Crippen LogP contribution is -2.28. The van der Waals surface area contributed by atoms with E-state index in [2.05, 4.69) is 0 Å². The van der Waals surface area contributed by atoms with E-state index in [4.69, 9.17) is 21.7 Å². The van der Waals surface area contributed by atoms with Crippen LogP contribution in [0.3, 0.4) is 0 Å². The Morgan fingerprint density at radius 1 is 1.11 bits per heavy atom. The van der Waals surface area contributed by atoms with Crippen molar-refractivity contribution in [2.45, 2.75) is 0 Å². The second-order valence-corrected chi connectivity index (χ2v) is 7.14. The molecule has 1 aliphatic heterocycles. The van der Waals surface area contributed by atoms with Crippen molar-refractivity contribution >= 4 is 51.9 Å². The van der Waals surface area contributed by atoms with Gasteiger partial charge in [-0.15, -0.1) is 0 Å². The Labute approximate surface area is 165 Å². The Hall–Kier alpha value is -2.84. The fourth-order valence-electron chi connectivity index (χ4n) is 2.53. The number of aromatic carboxylic acids is 1. The van der Waals surface area contributed by atoms with Crippen LogP contribution in [0.1, 0.15) is 15.9 Å². The summed E-state index contributed by atoms with van der Waals surface area (Å²) in [6.07, 6.45) is 1.72. The van der Waals surface area contributed by atoms with E-state index in [9.17, 15) is 14.7 Å². The first-order valence-electron chi connectivity index (χ1n) is 7.76. The summed E-state index contributed by atoms with van der Waals surface area (Å²) < 4.78 is 10.9. The Morgan fingerprint density at radius 2 is 1.78 bits per heavy atom. The number of nitrogens with zero attached hydrogens (tertiary/aromatic N) is 1. The highest BCUT2D eigenvalue weighted by Crippen LogP contribution is 2.37. The molecule has 0 bridgehead atoms. The number of benzene rings is 2. The molecule has 0 atom stereocenters. The molecule has 1 amide bonds. The summed E-state index contributed by atoms with van der Waals surface area (Å²) in [6, 6.07) is 11.1. The third-order valence-corrected chi connectivity index (χ3v) is 5.16. The molecule has 0 unspecified atom stereocenters. The van der Waals surface area contributed by atoms with E-state index < -0.39 is 5.97 Å². The van der Waals surface area contributed by atoms with Crippen molar-refractivity contribution in [1.82, 2.24) is 0 Å². The van der Waals surface area contributed by atoms with Gasteiger partial charge in [0.05, 0.1) is 30.8 Å². The van der Waals surface area contributed by atoms with Crippen molar-refractivity contribution in [3.05, 3.63) is 58.5 Å². The van der Waals surface area contributed by atoms with Crippen LogP contribution in [0.15, 0.2) is 47.4 Å². The van der Waals surface area contributed by atoms with E-state index in [1.807, 2.05) is 6.07 Å². The van der Waals surface area contributed by atoms with Crippen molar-refractivity contribution in [3.63, 3.8) is 0 Å². The maximum atomic E-state index is 12.8. The third kappa shape index (κ3) is 3.81. The lowest BCUT2D eigenvalue weighted by Gasteiger charge is -2.15. The predicted molar refractivity (Wildman–Crippen MR) is 106 cm³/mol. The molecule has 0 radical (unpaired) electrons. The number of amides is 1. The molecule has 1 fully saturated rings. The predicted octanol–water partition coefficient (Wildman–Crippen LogP) is 2.47. The summed E-state index contributed by atoms with van der Waals surface area (Å²) in [7, 11) is 3.09. The highest BCUT2D eigenvalue weighted by molar-refractivity contribution is 8.27. The minimum absolute atomic E-state index is 0.0325. The number of thiocarbonyl (C=S) groups is 1. The quantitative estimate of drug-likeness (QED) is 0.563. The number of carbonyl (C=O) groups excluding carboxylic acids is 2. The molecule has 2 aromatic carbocycles. The van der Waals surface area contributed by atoms with Crippen LogP contribution in [0.25, 0.3) is 6.08 Å². The molecule has 2 aromatic rings. The Bertz CT molecular complexity index is 953. The summed E-state index contributed by atoms with van der Waals surface area (Å²) in [5, 5.41) is 10.9. The van der Waals surface area contributed by atoms with Gasteiger partial charge in [0, 0.05) is 0 Å². The number of hydrogen-bond donors (Lipinski definition) is 0. The monoisotopic (exact) mass is 400 g/mol. The van der Waals surface area contributed by atoms with Gasteiger partial charge >= 0.3 is 0 Å². The fraction of sp³-hybridized carbons (Fsp3) is 0.105. The number of methoxy groups -OCH3 is 2. The zero-order valence-electron chi connectivity index (χ0n) is 14.4. The summed E-state index contributed by atoms with van der Waals surface area (Å²) in [4.78, 5) is 25.5. The molecule has 1 saturated heterocycles. The van der Waals surface area contributed by atoms with Crippen molar-refractivity contribution < 1.29 is 24.2 Å². The minimum atomic E-state index is -1.28. The van der Waals surface area contributed by atoms with Crippen LogP contribution in [0.4, 0.5) is 5.69 Å². The molecule has 0 saturated carbocycles. The number of carboxylic acid groups (broad SMARTS) is 1. The average Bonchev–Trinajstić information content (AvgIpc) is 2.94. The van der Waals surface area contributed by atoms with Crippen LogP contribution in [0.5, 0.6) is 11.5 Å². The van der Waals surface area contributed by atoms with Gasteiger partial charge in [-0.2, -0.15) is 0 Å². The van der Waals surface area contributed by atoms with Crippen molar-refractivity contribution in [3.8, 4) is 11.5 Å². The number of carboxylic acids is 1. The van der Waals surface area contributed by atoms with Gasteiger partial charge in [-0.3, -0.25) is 9.69 Å². The SMILES string of the molecule is COc1ccc(/C=C2/SC(=S)N(c3ccc(C(=O)[O-])cc3)C2=O)cc1OC. The summed E-state index contributed by atoms with van der Waals surface area (Å²) >= 11 is 6.49. The van der Waals surface area contributed by atoms with Crippen LogP contribution in [-0.4, -0.2) is 30.4 Å². The topological polar surface area (TPSA) is 78.9 Å². The minimum Gasteiger partial charge on any atom is -0.545 e. The van der Waals surface area contributed by atoms with Crippen LogP contribution in [-0.2, 0) is 4.79 Å². The largest absolute Gasteiger partial charge is 0.545 e. The molecular weight excluding hydrogens is 386 g/mol. The zero-order valence-corrected chi connectivity index (χ0v) is 16.1. The van der Waals surface area contributed by atoms with E-state index in [0.717, 1.165) is 5.56 Å². The number of hydrogen-bond acceptors (Lipinski definition) is 7. The van der Waals surface area contributed by atoms with Crippen molar-refractivity contribution in [1.29, 1.82) is 0 Å². The van der Waals surface area contributed by atoms with Crippen LogP contribution in [0, 0.1) is 0 Å². The van der Waals surface area contributed by atoms with Crippen LogP contribution >= 0.6 is 24.0 Å². The number of ether oxygens (including phenoxy) is 2. The standard InChI is InChI=1S/C19H15NO5S2/c1-24-14-8-3-11(9-15(14)25-2)10-16-17(21)20(19(26)27-16)13-6-4-12(5-7-13)18(22)23/h3-10H,1-2H3,(H,22,23)/p-1/b16-10+. The Balaban J connectivity index is 1.89. The lowest BCUT2D eigenvalue weighted by molar-refractivity contribution is -0.255. The molecule has 138 valence electrons. The molecule has 3 rings (SSSR count). The van der Waals surface area contributed by atoms with Gasteiger partial charge in [-0.1, -0.05) is 42.2 Å². The van der Waals surface area contributed by atoms with E-state index in [1.165, 1.54) is 48.0 Å². The number of carbonyl (C=O) groups is 2. The van der Waals surface area contributed by atoms with E-state index in [1.54, 1.807) is 25.3 Å². The highest BCUT2D eigenvalue weighted by Gasteiger charge is 2.33. The normalized spacial score (nSPS) is 15.3. The fourth-order valence-corrected chi connectivity index (χ4v) is 3.83. The van der Waals surface area contributed by atoms with Gasteiger partial charge in [0.15, 0.2) is 15.8 Å². The van der Waals surface area contributed by atoms with Crippen LogP contribution in [0.2, 0.25) is 0 Å². The molecule has 0 spiro atoms. The summed E-state index contributed by atoms with van der Waals surface area (Å²) in [5.41, 5.74) is 1.30. The van der Waals surface area contributed by atoms with Crippen LogP contribution < -0.4 is 19.5 Å². The van der Waals surface area contributed by atoms with Gasteiger partial charge in [-0.25, -0.2) is 0 Å². The molecule has 1 aliphatic rings. The average molecular weight is 400 g/mol. The second kappa shape index (κ2) is 7.81. The van der Waals surface area contributed by atoms with Gasteiger partial charge < -0.3 is 19.4 Å². The van der Waals surface area contributed by atoms with Gasteiger partial charge in [0.2, 0.25) is 0 Å². The molecule has 1 heterocycles. The van der Waals surface area contributed by atoms with Gasteiger partial charge in [0.1, 0.15) is 0 Å². The first-order chi connectivity index (χ1) is 12.9. The third-order valence-electron chi connectivity index (χ3n) is 3.86. The van der Waals surface area contributed by atoms with E-state index >= 15 is 0 Å². The smallest absolute Gasteiger partial charge is 0.270 e. The first kappa shape index (κ1) is 18.9. The maximum Gasteiger partial charge on any atom is 0.270 e. The van der Waals surface area contributed by atoms with E-state index in [0.29, 0.717) is 26.4 Å². The van der Waals surface area contributed by atoms with E-state index in [-0.39, 0.29) is 11.5 Å². The molecule has 0 aromatic heterocycles. The van der Waals surface area contributed by atoms with Gasteiger partial charge in [-0.05, 0) is 41.5 Å². The lowest BCUT2D eigenvalue weighted by atomic mass is 10.1. The summed E-state index contributed by atoms with van der Waals surface area (Å²) in [5.74, 6) is -0.406. The molecule has 27 heavy (non-hydrogen) atoms. The molecule has 0 N–H and O–H groups in total. The summed E-state index contributed by atoms with van der Waals surface area (Å²) in [6.45, 7) is 0. The van der Waals surface area contributed by atoms with Crippen molar-refractivity contribution in [2.24, 2.45) is 0 Å². The van der Waals surface area contributed by atoms with Gasteiger partial charge in [0.25, 0.3) is 5.91 Å². The van der Waals surface area contributed by atoms with Crippen molar-refractivity contribution in [2.75, 3.05) is 19.1 Å². The number of anilines is 1. The number of thioether (sulfide) groups is 1. The Morgan fingerprint density at radius 3 is 2.37 bits per heavy atom. The molecular formula is C19H14NO5S2-. The zero-order chi connectivity index (χ0) is 19.6. The molecule has 0 aliphatic carbocycles. The number of rotatable bonds is 5. The highest BCUT2D eigenvalue weighted by atomic mass is 32.2. The first-order valence-corrected chi connectivity index (χ1v) is 8.98. The Kier molecular flexibility index (Phi) is 5.48. The maximum absolute atomic E-state index is 12.8. The second-order valence-electron chi connectivity index (χ2n) is 5.47. The molecule has 8 heteroatoms. The molecule has 6 nitrogen and oxygen atoms in total.